The topological polar surface area (TPSA) is 99.5 Å². The minimum atomic E-state index is -1.49. The Hall–Kier alpha value is -2.21. The number of rotatable bonds is 4. The van der Waals surface area contributed by atoms with Crippen molar-refractivity contribution in [1.29, 1.82) is 0 Å². The van der Waals surface area contributed by atoms with E-state index in [0.717, 1.165) is 27.4 Å². The number of benzene rings is 1. The van der Waals surface area contributed by atoms with Crippen LogP contribution >= 0.6 is 11.6 Å². The molecule has 132 valence electrons. The smallest absolute Gasteiger partial charge is 0.311 e. The lowest BCUT2D eigenvalue weighted by Gasteiger charge is -2.22. The van der Waals surface area contributed by atoms with Crippen molar-refractivity contribution in [3.05, 3.63) is 23.0 Å². The van der Waals surface area contributed by atoms with Gasteiger partial charge in [0.1, 0.15) is 52.8 Å². The summed E-state index contributed by atoms with van der Waals surface area (Å²) in [5.41, 5.74) is 5.16. The SMILES string of the molecule is Bc1c(B)c(Cl)c(B)c(-c2cnc(C(=O)NC(B)(B)C(=O)O)c(O)c2)c1B. The zero-order valence-electron chi connectivity index (χ0n) is 16.2. The van der Waals surface area contributed by atoms with Gasteiger partial charge in [-0.05, 0) is 11.6 Å². The van der Waals surface area contributed by atoms with Gasteiger partial charge in [0.15, 0.2) is 5.69 Å². The molecule has 1 amide bonds. The van der Waals surface area contributed by atoms with Crippen LogP contribution in [0.1, 0.15) is 10.5 Å². The Morgan fingerprint density at radius 2 is 1.67 bits per heavy atom. The Morgan fingerprint density at radius 3 is 2.19 bits per heavy atom. The molecule has 0 radical (unpaired) electrons. The molecule has 0 atom stereocenters. The highest BCUT2D eigenvalue weighted by Crippen LogP contribution is 2.23. The standard InChI is InChI=1S/C14H17B6ClN2O4/c15-6-5(7(16)10(21)9(18)8(6)17)3-1-4(24)11(22-2-3)12(25)23-14(19,20)13(26)27/h1-2,24H,15-20H2,(H,23,25)(H,26,27). The van der Waals surface area contributed by atoms with Crippen molar-refractivity contribution < 1.29 is 19.8 Å². The summed E-state index contributed by atoms with van der Waals surface area (Å²) in [6.07, 6.45) is 1.48. The highest BCUT2D eigenvalue weighted by Gasteiger charge is 2.30. The molecule has 0 aliphatic carbocycles. The molecule has 0 spiro atoms. The molecular weight excluding hydrogens is 360 g/mol. The van der Waals surface area contributed by atoms with Crippen LogP contribution in [0.4, 0.5) is 0 Å². The van der Waals surface area contributed by atoms with Gasteiger partial charge in [-0.15, -0.1) is 0 Å². The van der Waals surface area contributed by atoms with E-state index in [9.17, 15) is 14.7 Å². The largest absolute Gasteiger partial charge is 0.505 e. The summed E-state index contributed by atoms with van der Waals surface area (Å²) in [5.74, 6) is -2.29. The van der Waals surface area contributed by atoms with Crippen molar-refractivity contribution in [2.75, 3.05) is 0 Å². The third-order valence-electron chi connectivity index (χ3n) is 4.87. The van der Waals surface area contributed by atoms with Crippen LogP contribution < -0.4 is 27.2 Å². The second-order valence-electron chi connectivity index (χ2n) is 7.16. The number of carboxylic acids is 1. The zero-order valence-corrected chi connectivity index (χ0v) is 16.9. The summed E-state index contributed by atoms with van der Waals surface area (Å²) < 4.78 is 0. The molecule has 0 fully saturated rings. The van der Waals surface area contributed by atoms with Gasteiger partial charge in [0.05, 0.1) is 5.34 Å². The molecule has 1 aromatic carbocycles. The van der Waals surface area contributed by atoms with E-state index in [1.165, 1.54) is 28.0 Å². The van der Waals surface area contributed by atoms with Gasteiger partial charge in [-0.1, -0.05) is 33.5 Å². The van der Waals surface area contributed by atoms with Crippen LogP contribution in [0.2, 0.25) is 5.02 Å². The minimum absolute atomic E-state index is 0.238. The number of hydrogen-bond donors (Lipinski definition) is 3. The Bertz CT molecular complexity index is 940. The summed E-state index contributed by atoms with van der Waals surface area (Å²) in [4.78, 5) is 27.5. The fourth-order valence-electron chi connectivity index (χ4n) is 2.90. The molecule has 0 saturated carbocycles. The van der Waals surface area contributed by atoms with Crippen LogP contribution in [0, 0.1) is 0 Å². The Labute approximate surface area is 167 Å². The van der Waals surface area contributed by atoms with Crippen LogP contribution in [-0.2, 0) is 4.79 Å². The first-order valence-electron chi connectivity index (χ1n) is 8.39. The Balaban J connectivity index is 2.50. The lowest BCUT2D eigenvalue weighted by atomic mass is 9.62. The average molecular weight is 378 g/mol. The lowest BCUT2D eigenvalue weighted by molar-refractivity contribution is -0.138. The number of carbonyl (C=O) groups is 2. The fourth-order valence-corrected chi connectivity index (χ4v) is 3.14. The first-order valence-corrected chi connectivity index (χ1v) is 8.77. The normalized spacial score (nSPS) is 11.1. The second kappa shape index (κ2) is 7.43. The molecule has 0 aliphatic rings. The van der Waals surface area contributed by atoms with Crippen molar-refractivity contribution in [3.63, 3.8) is 0 Å². The number of aliphatic carboxylic acids is 1. The zero-order chi connectivity index (χ0) is 20.7. The van der Waals surface area contributed by atoms with E-state index in [-0.39, 0.29) is 11.4 Å². The average Bonchev–Trinajstić information content (AvgIpc) is 2.58. The molecular formula is C14H17B6ClN2O4. The molecule has 27 heavy (non-hydrogen) atoms. The quantitative estimate of drug-likeness (QED) is 0.460. The van der Waals surface area contributed by atoms with Crippen molar-refractivity contribution >= 4 is 92.4 Å². The van der Waals surface area contributed by atoms with Crippen molar-refractivity contribution in [1.82, 2.24) is 10.3 Å². The summed E-state index contributed by atoms with van der Waals surface area (Å²) in [5, 5.41) is 21.0. The van der Waals surface area contributed by atoms with Crippen LogP contribution in [0.25, 0.3) is 11.1 Å². The van der Waals surface area contributed by atoms with Gasteiger partial charge in [0, 0.05) is 16.8 Å². The number of aromatic nitrogens is 1. The number of aromatic hydroxyl groups is 1. The molecule has 0 bridgehead atoms. The van der Waals surface area contributed by atoms with Crippen LogP contribution in [0.15, 0.2) is 12.3 Å². The van der Waals surface area contributed by atoms with E-state index in [1.54, 1.807) is 0 Å². The third-order valence-corrected chi connectivity index (χ3v) is 5.43. The van der Waals surface area contributed by atoms with Gasteiger partial charge in [-0.3, -0.25) is 9.59 Å². The number of carbonyl (C=O) groups excluding carboxylic acids is 1. The number of hydrogen-bond acceptors (Lipinski definition) is 4. The molecule has 2 aromatic rings. The predicted molar refractivity (Wildman–Crippen MR) is 124 cm³/mol. The molecule has 13 heteroatoms. The van der Waals surface area contributed by atoms with E-state index in [1.807, 2.05) is 31.4 Å². The first-order chi connectivity index (χ1) is 12.4. The van der Waals surface area contributed by atoms with Crippen LogP contribution in [0.3, 0.4) is 0 Å². The van der Waals surface area contributed by atoms with Gasteiger partial charge in [0.25, 0.3) is 5.91 Å². The van der Waals surface area contributed by atoms with Crippen LogP contribution in [-0.4, -0.2) is 79.5 Å². The highest BCUT2D eigenvalue weighted by molar-refractivity contribution is 6.66. The number of halogens is 1. The van der Waals surface area contributed by atoms with Gasteiger partial charge in [0.2, 0.25) is 0 Å². The second-order valence-corrected chi connectivity index (χ2v) is 7.54. The minimum Gasteiger partial charge on any atom is -0.505 e. The lowest BCUT2D eigenvalue weighted by Crippen LogP contribution is -2.55. The van der Waals surface area contributed by atoms with E-state index < -0.39 is 17.2 Å². The van der Waals surface area contributed by atoms with E-state index in [4.69, 9.17) is 16.7 Å². The maximum Gasteiger partial charge on any atom is 0.311 e. The first kappa shape index (κ1) is 21.1. The van der Waals surface area contributed by atoms with Crippen molar-refractivity contribution in [2.24, 2.45) is 0 Å². The molecule has 1 aromatic heterocycles. The van der Waals surface area contributed by atoms with Crippen molar-refractivity contribution in [2.45, 2.75) is 5.34 Å². The monoisotopic (exact) mass is 378 g/mol. The van der Waals surface area contributed by atoms with E-state index in [2.05, 4.69) is 10.3 Å². The highest BCUT2D eigenvalue weighted by atomic mass is 35.5. The van der Waals surface area contributed by atoms with Gasteiger partial charge < -0.3 is 15.5 Å². The van der Waals surface area contributed by atoms with E-state index in [0.29, 0.717) is 10.6 Å². The molecule has 0 unspecified atom stereocenters. The summed E-state index contributed by atoms with van der Waals surface area (Å²) in [6, 6.07) is 1.44. The van der Waals surface area contributed by atoms with Gasteiger partial charge in [-0.2, -0.15) is 0 Å². The predicted octanol–water partition coefficient (Wildman–Crippen LogP) is -7.12. The summed E-state index contributed by atoms with van der Waals surface area (Å²) in [7, 11) is 10.5. The molecule has 3 N–H and O–H groups in total. The van der Waals surface area contributed by atoms with Crippen molar-refractivity contribution in [3.8, 4) is 16.9 Å². The fraction of sp³-hybridized carbons (Fsp3) is 0.0714. The van der Waals surface area contributed by atoms with Gasteiger partial charge >= 0.3 is 5.97 Å². The number of nitrogens with zero attached hydrogens (tertiary/aromatic N) is 1. The number of pyridine rings is 1. The number of amides is 1. The number of carboxylic acid groups (broad SMARTS) is 1. The maximum atomic E-state index is 12.3. The summed E-state index contributed by atoms with van der Waals surface area (Å²) >= 11 is 6.43. The van der Waals surface area contributed by atoms with Gasteiger partial charge in [-0.25, -0.2) is 4.98 Å². The van der Waals surface area contributed by atoms with E-state index >= 15 is 0 Å². The van der Waals surface area contributed by atoms with Crippen LogP contribution in [0.5, 0.6) is 5.75 Å². The molecule has 0 saturated heterocycles. The Morgan fingerprint density at radius 1 is 1.07 bits per heavy atom. The number of nitrogens with one attached hydrogen (secondary N) is 1. The molecule has 2 rings (SSSR count). The molecule has 1 heterocycles. The summed E-state index contributed by atoms with van der Waals surface area (Å²) in [6.45, 7) is 0. The third kappa shape index (κ3) is 3.90. The molecule has 0 aliphatic heterocycles. The maximum absolute atomic E-state index is 12.3. The Kier molecular flexibility index (Phi) is 5.80. The molecule has 6 nitrogen and oxygen atoms in total.